The van der Waals surface area contributed by atoms with Gasteiger partial charge in [-0.1, -0.05) is 26.2 Å². The molecule has 1 aromatic heterocycles. The van der Waals surface area contributed by atoms with E-state index < -0.39 is 0 Å². The third-order valence-corrected chi connectivity index (χ3v) is 3.67. The van der Waals surface area contributed by atoms with E-state index >= 15 is 0 Å². The maximum Gasteiger partial charge on any atom is 0.0960 e. The number of hydrogen-bond donors (Lipinski definition) is 1. The van der Waals surface area contributed by atoms with E-state index in [0.29, 0.717) is 5.41 Å². The predicted molar refractivity (Wildman–Crippen MR) is 59.5 cm³/mol. The fourth-order valence-electron chi connectivity index (χ4n) is 2.66. The van der Waals surface area contributed by atoms with Crippen LogP contribution in [0, 0.1) is 5.41 Å². The van der Waals surface area contributed by atoms with Gasteiger partial charge < -0.3 is 9.52 Å². The summed E-state index contributed by atoms with van der Waals surface area (Å²) in [7, 11) is 0. The molecule has 1 N–H and O–H groups in total. The number of rotatable bonds is 3. The molecular weight excluding hydrogens is 188 g/mol. The highest BCUT2D eigenvalue weighted by atomic mass is 16.3. The van der Waals surface area contributed by atoms with E-state index in [-0.39, 0.29) is 6.10 Å². The Labute approximate surface area is 91.3 Å². The molecule has 0 aliphatic heterocycles. The number of hydrogen-bond acceptors (Lipinski definition) is 2. The Morgan fingerprint density at radius 3 is 2.73 bits per heavy atom. The molecule has 2 rings (SSSR count). The molecule has 1 aliphatic rings. The second-order valence-corrected chi connectivity index (χ2v) is 5.15. The van der Waals surface area contributed by atoms with Gasteiger partial charge in [0, 0.05) is 5.56 Å². The van der Waals surface area contributed by atoms with Gasteiger partial charge >= 0.3 is 0 Å². The van der Waals surface area contributed by atoms with Crippen molar-refractivity contribution in [3.63, 3.8) is 0 Å². The summed E-state index contributed by atoms with van der Waals surface area (Å²) < 4.78 is 5.00. The second-order valence-electron chi connectivity index (χ2n) is 5.15. The van der Waals surface area contributed by atoms with Crippen LogP contribution in [-0.2, 0) is 0 Å². The molecule has 0 bridgehead atoms. The van der Waals surface area contributed by atoms with Crippen LogP contribution >= 0.6 is 0 Å². The summed E-state index contributed by atoms with van der Waals surface area (Å²) in [5.41, 5.74) is 1.25. The van der Waals surface area contributed by atoms with Crippen molar-refractivity contribution in [1.29, 1.82) is 0 Å². The van der Waals surface area contributed by atoms with Gasteiger partial charge in [0.15, 0.2) is 0 Å². The Hall–Kier alpha value is -0.760. The van der Waals surface area contributed by atoms with E-state index in [1.54, 1.807) is 12.5 Å². The third-order valence-electron chi connectivity index (χ3n) is 3.67. The van der Waals surface area contributed by atoms with Gasteiger partial charge in [-0.25, -0.2) is 0 Å². The quantitative estimate of drug-likeness (QED) is 0.822. The molecule has 1 atom stereocenters. The van der Waals surface area contributed by atoms with Crippen LogP contribution in [0.3, 0.4) is 0 Å². The highest BCUT2D eigenvalue weighted by molar-refractivity contribution is 5.09. The fraction of sp³-hybridized carbons (Fsp3) is 0.692. The van der Waals surface area contributed by atoms with Gasteiger partial charge in [-0.05, 0) is 30.7 Å². The van der Waals surface area contributed by atoms with Crippen molar-refractivity contribution in [3.05, 3.63) is 24.2 Å². The topological polar surface area (TPSA) is 33.4 Å². The molecule has 2 heteroatoms. The number of furan rings is 1. The van der Waals surface area contributed by atoms with Gasteiger partial charge in [-0.3, -0.25) is 0 Å². The first kappa shape index (κ1) is 10.7. The number of aliphatic hydroxyl groups excluding tert-OH is 1. The largest absolute Gasteiger partial charge is 0.472 e. The molecule has 1 saturated carbocycles. The zero-order chi connectivity index (χ0) is 10.7. The zero-order valence-corrected chi connectivity index (χ0v) is 9.41. The standard InChI is InChI=1S/C13H20O2/c1-13(6-3-2-4-7-13)9-12(14)11-5-8-15-10-11/h5,8,10,12,14H,2-4,6-7,9H2,1H3. The van der Waals surface area contributed by atoms with Gasteiger partial charge in [-0.2, -0.15) is 0 Å². The summed E-state index contributed by atoms with van der Waals surface area (Å²) in [4.78, 5) is 0. The van der Waals surface area contributed by atoms with E-state index in [0.717, 1.165) is 12.0 Å². The van der Waals surface area contributed by atoms with Crippen LogP contribution in [0.5, 0.6) is 0 Å². The zero-order valence-electron chi connectivity index (χ0n) is 9.41. The summed E-state index contributed by atoms with van der Waals surface area (Å²) in [6, 6.07) is 1.86. The van der Waals surface area contributed by atoms with Crippen LogP contribution in [0.25, 0.3) is 0 Å². The molecule has 84 valence electrons. The van der Waals surface area contributed by atoms with Crippen LogP contribution in [0.15, 0.2) is 23.0 Å². The Kier molecular flexibility index (Phi) is 3.15. The molecule has 0 radical (unpaired) electrons. The van der Waals surface area contributed by atoms with Gasteiger partial charge in [0.05, 0.1) is 18.6 Å². The Balaban J connectivity index is 1.95. The molecule has 1 fully saturated rings. The fourth-order valence-corrected chi connectivity index (χ4v) is 2.66. The van der Waals surface area contributed by atoms with Crippen molar-refractivity contribution in [2.24, 2.45) is 5.41 Å². The first-order chi connectivity index (χ1) is 7.20. The molecule has 1 aliphatic carbocycles. The lowest BCUT2D eigenvalue weighted by Crippen LogP contribution is -2.22. The highest BCUT2D eigenvalue weighted by Crippen LogP contribution is 2.42. The smallest absolute Gasteiger partial charge is 0.0960 e. The van der Waals surface area contributed by atoms with Gasteiger partial charge in [0.25, 0.3) is 0 Å². The number of aliphatic hydroxyl groups is 1. The molecule has 1 aromatic rings. The minimum absolute atomic E-state index is 0.328. The summed E-state index contributed by atoms with van der Waals surface area (Å²) in [6.07, 6.45) is 10.3. The van der Waals surface area contributed by atoms with Crippen molar-refractivity contribution in [3.8, 4) is 0 Å². The lowest BCUT2D eigenvalue weighted by molar-refractivity contribution is 0.0808. The Morgan fingerprint density at radius 1 is 1.40 bits per heavy atom. The normalized spacial score (nSPS) is 22.5. The average molecular weight is 208 g/mol. The molecule has 0 saturated heterocycles. The van der Waals surface area contributed by atoms with E-state index in [9.17, 15) is 5.11 Å². The molecule has 0 amide bonds. The summed E-state index contributed by atoms with van der Waals surface area (Å²) >= 11 is 0. The van der Waals surface area contributed by atoms with Gasteiger partial charge in [0.2, 0.25) is 0 Å². The first-order valence-corrected chi connectivity index (χ1v) is 5.90. The molecule has 2 nitrogen and oxygen atoms in total. The van der Waals surface area contributed by atoms with E-state index in [4.69, 9.17) is 4.42 Å². The minimum atomic E-state index is -0.355. The van der Waals surface area contributed by atoms with Crippen molar-refractivity contribution < 1.29 is 9.52 Å². The lowest BCUT2D eigenvalue weighted by atomic mass is 9.72. The van der Waals surface area contributed by atoms with E-state index in [2.05, 4.69) is 6.92 Å². The molecule has 15 heavy (non-hydrogen) atoms. The Bertz CT molecular complexity index is 283. The van der Waals surface area contributed by atoms with Crippen molar-refractivity contribution in [2.75, 3.05) is 0 Å². The Morgan fingerprint density at radius 2 is 2.13 bits per heavy atom. The van der Waals surface area contributed by atoms with E-state index in [1.165, 1.54) is 32.1 Å². The summed E-state index contributed by atoms with van der Waals surface area (Å²) in [5, 5.41) is 10.1. The lowest BCUT2D eigenvalue weighted by Gasteiger charge is -2.35. The van der Waals surface area contributed by atoms with E-state index in [1.807, 2.05) is 6.07 Å². The maximum atomic E-state index is 10.1. The van der Waals surface area contributed by atoms with Gasteiger partial charge in [-0.15, -0.1) is 0 Å². The SMILES string of the molecule is CC1(CC(O)c2ccoc2)CCCCC1. The van der Waals surface area contributed by atoms with Crippen LogP contribution in [-0.4, -0.2) is 5.11 Å². The second kappa shape index (κ2) is 4.40. The van der Waals surface area contributed by atoms with Gasteiger partial charge in [0.1, 0.15) is 0 Å². The monoisotopic (exact) mass is 208 g/mol. The highest BCUT2D eigenvalue weighted by Gasteiger charge is 2.29. The average Bonchev–Trinajstić information content (AvgIpc) is 2.70. The van der Waals surface area contributed by atoms with Crippen LogP contribution in [0.4, 0.5) is 0 Å². The first-order valence-electron chi connectivity index (χ1n) is 5.90. The maximum absolute atomic E-state index is 10.1. The summed E-state index contributed by atoms with van der Waals surface area (Å²) in [6.45, 7) is 2.30. The minimum Gasteiger partial charge on any atom is -0.472 e. The molecule has 1 unspecified atom stereocenters. The molecule has 0 spiro atoms. The summed E-state index contributed by atoms with van der Waals surface area (Å²) in [5.74, 6) is 0. The van der Waals surface area contributed by atoms with Crippen LogP contribution in [0.2, 0.25) is 0 Å². The van der Waals surface area contributed by atoms with Crippen molar-refractivity contribution in [2.45, 2.75) is 51.6 Å². The van der Waals surface area contributed by atoms with Crippen molar-refractivity contribution >= 4 is 0 Å². The van der Waals surface area contributed by atoms with Crippen LogP contribution in [0.1, 0.15) is 57.1 Å². The molecule has 0 aromatic carbocycles. The van der Waals surface area contributed by atoms with Crippen LogP contribution < -0.4 is 0 Å². The molecule has 1 heterocycles. The third kappa shape index (κ3) is 2.63. The molecular formula is C13H20O2. The van der Waals surface area contributed by atoms with Crippen molar-refractivity contribution in [1.82, 2.24) is 0 Å². The predicted octanol–water partition coefficient (Wildman–Crippen LogP) is 3.67.